The van der Waals surface area contributed by atoms with Crippen LogP contribution in [0.4, 0.5) is 28.8 Å². The van der Waals surface area contributed by atoms with Crippen molar-refractivity contribution >= 4 is 161 Å². The maximum atomic E-state index is 11.2. The standard InChI is InChI=1S/C9H10Cl4O7.C9H10O7S2.2Na.H2S/c10-1-5(19-7(12)14)3-17-9(16)18-4-6(2-11)20-8(13)15;10-7(13-1-5-3-17-8(11)15-5)14-2-6-4-18-9(12)16-6;;;/h5-6H,1-4H2;5-6H,1-4H2;;;1H2. The second-order valence-corrected chi connectivity index (χ2v) is 9.75. The third-order valence-corrected chi connectivity index (χ3v) is 6.32. The van der Waals surface area contributed by atoms with E-state index >= 15 is 0 Å². The molecule has 0 radical (unpaired) electrons. The molecule has 0 aliphatic carbocycles. The van der Waals surface area contributed by atoms with Crippen molar-refractivity contribution in [3.05, 3.63) is 0 Å². The van der Waals surface area contributed by atoms with E-state index in [1.165, 1.54) is 43.6 Å². The molecule has 4 atom stereocenters. The topological polar surface area (TPSA) is 176 Å². The van der Waals surface area contributed by atoms with Gasteiger partial charge in [0.2, 0.25) is 0 Å². The van der Waals surface area contributed by atoms with E-state index in [9.17, 15) is 28.8 Å². The number of hydrogen-bond donors (Lipinski definition) is 0. The van der Waals surface area contributed by atoms with Crippen LogP contribution in [-0.2, 0) is 37.9 Å². The Hall–Kier alpha value is 0.630. The van der Waals surface area contributed by atoms with E-state index in [1.807, 2.05) is 0 Å². The Morgan fingerprint density at radius 2 is 1.10 bits per heavy atom. The Kier molecular flexibility index (Phi) is 28.8. The zero-order chi connectivity index (χ0) is 30.5. The number of alkyl halides is 2. The van der Waals surface area contributed by atoms with Gasteiger partial charge in [0.05, 0.1) is 11.8 Å². The first-order valence-electron chi connectivity index (χ1n) is 11.1. The van der Waals surface area contributed by atoms with Crippen LogP contribution in [0.3, 0.4) is 0 Å². The van der Waals surface area contributed by atoms with Crippen molar-refractivity contribution in [2.45, 2.75) is 24.4 Å². The molecular formula is C18H22Cl4Na2O14S3. The van der Waals surface area contributed by atoms with Gasteiger partial charge in [-0.25, -0.2) is 28.8 Å². The van der Waals surface area contributed by atoms with Crippen molar-refractivity contribution < 1.29 is 66.7 Å². The minimum atomic E-state index is -1.09. The van der Waals surface area contributed by atoms with E-state index < -0.39 is 47.6 Å². The maximum absolute atomic E-state index is 11.2. The molecule has 0 aromatic carbocycles. The van der Waals surface area contributed by atoms with E-state index in [1.54, 1.807) is 0 Å². The van der Waals surface area contributed by atoms with E-state index in [2.05, 4.69) is 18.9 Å². The van der Waals surface area contributed by atoms with Crippen LogP contribution in [-0.4, -0.2) is 151 Å². The normalized spacial score (nSPS) is 18.2. The summed E-state index contributed by atoms with van der Waals surface area (Å²) in [6, 6.07) is 0. The summed E-state index contributed by atoms with van der Waals surface area (Å²) < 4.78 is 37.4. The molecule has 0 bridgehead atoms. The van der Waals surface area contributed by atoms with Crippen molar-refractivity contribution in [2.75, 3.05) is 49.7 Å². The fourth-order valence-corrected chi connectivity index (χ4v) is 4.04. The number of cyclic esters (lactones) is 2. The first-order valence-corrected chi connectivity index (χ1v) is 22.9. The SMILES string of the molecule is O=C(Cl)OC(CCl)COC(=O)OCC(CCl)OC(=O)Cl.O=C(OCC1CSC(=O)O1)OCC1CSC(=O)O1.S.[Na][Na]. The van der Waals surface area contributed by atoms with E-state index in [4.69, 9.17) is 65.4 Å². The molecule has 0 aromatic heterocycles. The van der Waals surface area contributed by atoms with Gasteiger partial charge in [0, 0.05) is 34.7 Å². The predicted molar refractivity (Wildman–Crippen MR) is 156 cm³/mol. The van der Waals surface area contributed by atoms with Crippen molar-refractivity contribution in [3.63, 3.8) is 0 Å². The molecule has 0 aromatic rings. The zero-order valence-electron chi connectivity index (χ0n) is 21.5. The molecule has 4 unspecified atom stereocenters. The molecule has 2 saturated heterocycles. The number of ether oxygens (including phenoxy) is 8. The fraction of sp³-hybridized carbons (Fsp3) is 0.667. The summed E-state index contributed by atoms with van der Waals surface area (Å²) in [7, 11) is 0. The molecule has 2 heterocycles. The van der Waals surface area contributed by atoms with Crippen LogP contribution in [0.25, 0.3) is 0 Å². The molecule has 0 N–H and O–H groups in total. The predicted octanol–water partition coefficient (Wildman–Crippen LogP) is 4.10. The van der Waals surface area contributed by atoms with Gasteiger partial charge in [-0.2, -0.15) is 13.5 Å². The monoisotopic (exact) mass is 744 g/mol. The molecule has 2 fully saturated rings. The second kappa shape index (κ2) is 27.0. The summed E-state index contributed by atoms with van der Waals surface area (Å²) in [6.07, 6.45) is -4.61. The Balaban J connectivity index is 0. The third kappa shape index (κ3) is 23.7. The van der Waals surface area contributed by atoms with Crippen LogP contribution in [0, 0.1) is 0 Å². The van der Waals surface area contributed by atoms with Crippen molar-refractivity contribution in [2.24, 2.45) is 0 Å². The molecule has 2 aliphatic rings. The summed E-state index contributed by atoms with van der Waals surface area (Å²) >= 11 is 25.8. The van der Waals surface area contributed by atoms with Gasteiger partial charge in [0.15, 0.2) is 12.2 Å². The molecule has 226 valence electrons. The van der Waals surface area contributed by atoms with E-state index in [0.717, 1.165) is 23.5 Å². The average Bonchev–Trinajstić information content (AvgIpc) is 3.54. The van der Waals surface area contributed by atoms with Crippen molar-refractivity contribution in [3.8, 4) is 0 Å². The average molecular weight is 746 g/mol. The molecule has 41 heavy (non-hydrogen) atoms. The van der Waals surface area contributed by atoms with Gasteiger partial charge < -0.3 is 37.9 Å². The van der Waals surface area contributed by atoms with Crippen LogP contribution in [0.15, 0.2) is 0 Å². The van der Waals surface area contributed by atoms with Gasteiger partial charge in [-0.1, -0.05) is 0 Å². The molecule has 0 saturated carbocycles. The number of carbonyl (C=O) groups is 6. The van der Waals surface area contributed by atoms with Crippen LogP contribution in [0.5, 0.6) is 0 Å². The molecule has 23 heteroatoms. The molecule has 0 amide bonds. The summed E-state index contributed by atoms with van der Waals surface area (Å²) in [5.41, 5.74) is -2.16. The number of hydrogen-bond acceptors (Lipinski definition) is 16. The van der Waals surface area contributed by atoms with E-state index in [0.29, 0.717) is 11.5 Å². The Bertz CT molecular complexity index is 788. The molecular weight excluding hydrogens is 724 g/mol. The van der Waals surface area contributed by atoms with Crippen molar-refractivity contribution in [1.29, 1.82) is 0 Å². The summed E-state index contributed by atoms with van der Waals surface area (Å²) in [4.78, 5) is 64.8. The first kappa shape index (κ1) is 43.8. The van der Waals surface area contributed by atoms with Gasteiger partial charge in [-0.15, -0.1) is 23.2 Å². The van der Waals surface area contributed by atoms with Crippen LogP contribution >= 0.6 is 83.4 Å². The second-order valence-electron chi connectivity index (χ2n) is 6.61. The van der Waals surface area contributed by atoms with Gasteiger partial charge >= 0.3 is 77.4 Å². The fourth-order valence-electron chi connectivity index (χ4n) is 2.10. The third-order valence-electron chi connectivity index (χ3n) is 3.71. The van der Waals surface area contributed by atoms with Crippen LogP contribution in [0.2, 0.25) is 0 Å². The summed E-state index contributed by atoms with van der Waals surface area (Å²) in [5.74, 6) is 0.672. The molecule has 2 aliphatic heterocycles. The molecule has 2 rings (SSSR count). The Morgan fingerprint density at radius 3 is 1.37 bits per heavy atom. The Morgan fingerprint density at radius 1 is 0.756 bits per heavy atom. The number of halogens is 4. The van der Waals surface area contributed by atoms with Crippen LogP contribution < -0.4 is 0 Å². The minimum absolute atomic E-state index is 0. The quantitative estimate of drug-likeness (QED) is 0.0916. The van der Waals surface area contributed by atoms with Gasteiger partial charge in [-0.3, -0.25) is 0 Å². The van der Waals surface area contributed by atoms with Crippen molar-refractivity contribution in [1.82, 2.24) is 0 Å². The summed E-state index contributed by atoms with van der Waals surface area (Å²) in [6.45, 7) is -0.753. The molecule has 14 nitrogen and oxygen atoms in total. The van der Waals surface area contributed by atoms with Gasteiger partial charge in [0.25, 0.3) is 0 Å². The Labute approximate surface area is 298 Å². The van der Waals surface area contributed by atoms with Gasteiger partial charge in [0.1, 0.15) is 38.6 Å². The number of carbonyl (C=O) groups excluding carboxylic acids is 6. The van der Waals surface area contributed by atoms with Crippen LogP contribution in [0.1, 0.15) is 0 Å². The zero-order valence-corrected chi connectivity index (χ0v) is 31.2. The summed E-state index contributed by atoms with van der Waals surface area (Å²) in [5, 5.41) is -0.737. The van der Waals surface area contributed by atoms with E-state index in [-0.39, 0.29) is 62.3 Å². The first-order chi connectivity index (χ1) is 19.0. The number of rotatable bonds is 12. The number of thioether (sulfide) groups is 2. The molecule has 0 spiro atoms. The van der Waals surface area contributed by atoms with Gasteiger partial charge in [-0.05, 0) is 23.5 Å².